The van der Waals surface area contributed by atoms with Gasteiger partial charge in [0.1, 0.15) is 5.69 Å². The molecule has 0 aromatic carbocycles. The van der Waals surface area contributed by atoms with E-state index >= 15 is 0 Å². The zero-order valence-corrected chi connectivity index (χ0v) is 8.12. The van der Waals surface area contributed by atoms with E-state index in [9.17, 15) is 9.90 Å². The molecule has 0 spiro atoms. The number of aliphatic hydroxyl groups is 1. The molecule has 6 nitrogen and oxygen atoms in total. The lowest BCUT2D eigenvalue weighted by atomic mass is 10.4. The molecular weight excluding hydrogens is 204 g/mol. The minimum absolute atomic E-state index is 0.0524. The Morgan fingerprint density at radius 1 is 1.57 bits per heavy atom. The van der Waals surface area contributed by atoms with Gasteiger partial charge < -0.3 is 16.6 Å². The van der Waals surface area contributed by atoms with Crippen LogP contribution in [0.25, 0.3) is 0 Å². The first kappa shape index (κ1) is 9.35. The number of hydrogen-bond acceptors (Lipinski definition) is 6. The third kappa shape index (κ3) is 1.34. The molecule has 7 heteroatoms. The second kappa shape index (κ2) is 3.18. The van der Waals surface area contributed by atoms with E-state index in [0.717, 1.165) is 0 Å². The van der Waals surface area contributed by atoms with Crippen molar-refractivity contribution in [2.24, 2.45) is 0 Å². The number of nitrogens with two attached hydrogens (primary N) is 2. The lowest BCUT2D eigenvalue weighted by Gasteiger charge is -2.21. The van der Waals surface area contributed by atoms with Crippen LogP contribution in [-0.2, 0) is 6.54 Å². The minimum Gasteiger partial charge on any atom is -0.391 e. The average Bonchev–Trinajstić information content (AvgIpc) is 2.16. The molecule has 0 saturated heterocycles. The van der Waals surface area contributed by atoms with Crippen molar-refractivity contribution in [1.29, 1.82) is 0 Å². The second-order valence-electron chi connectivity index (χ2n) is 3.07. The van der Waals surface area contributed by atoms with Crippen LogP contribution in [0, 0.1) is 0 Å². The molecule has 2 heterocycles. The maximum absolute atomic E-state index is 11.6. The molecule has 1 aliphatic rings. The zero-order chi connectivity index (χ0) is 10.3. The maximum atomic E-state index is 11.6. The molecule has 1 aromatic heterocycles. The Labute approximate surface area is 83.9 Å². The number of aliphatic hydroxyl groups excluding tert-OH is 1. The Balaban J connectivity index is 2.61. The van der Waals surface area contributed by atoms with Crippen LogP contribution in [0.1, 0.15) is 0 Å². The molecule has 0 bridgehead atoms. The molecule has 76 valence electrons. The summed E-state index contributed by atoms with van der Waals surface area (Å²) < 4.78 is 1.35. The molecule has 0 radical (unpaired) electrons. The Bertz CT molecular complexity index is 430. The first-order chi connectivity index (χ1) is 6.59. The molecule has 0 amide bonds. The number of nitrogens with zero attached hydrogens (tertiary/aromatic N) is 2. The van der Waals surface area contributed by atoms with E-state index in [-0.39, 0.29) is 23.6 Å². The van der Waals surface area contributed by atoms with Crippen molar-refractivity contribution < 1.29 is 5.11 Å². The summed E-state index contributed by atoms with van der Waals surface area (Å²) in [6.07, 6.45) is -0.532. The molecule has 0 aliphatic carbocycles. The van der Waals surface area contributed by atoms with Crippen molar-refractivity contribution >= 4 is 23.3 Å². The van der Waals surface area contributed by atoms with E-state index in [2.05, 4.69) is 4.98 Å². The van der Waals surface area contributed by atoms with Gasteiger partial charge in [0.05, 0.1) is 12.6 Å². The highest BCUT2D eigenvalue weighted by Crippen LogP contribution is 2.23. The van der Waals surface area contributed by atoms with Crippen LogP contribution in [-0.4, -0.2) is 26.5 Å². The lowest BCUT2D eigenvalue weighted by Crippen LogP contribution is -2.35. The predicted molar refractivity (Wildman–Crippen MR) is 54.1 cm³/mol. The number of thioether (sulfide) groups is 1. The SMILES string of the molecule is Nc1nc2n(c(=O)c1N)CC(O)CS2. The normalized spacial score (nSPS) is 20.5. The summed E-state index contributed by atoms with van der Waals surface area (Å²) in [5.41, 5.74) is 10.5. The van der Waals surface area contributed by atoms with Crippen LogP contribution in [0.5, 0.6) is 0 Å². The highest BCUT2D eigenvalue weighted by atomic mass is 32.2. The van der Waals surface area contributed by atoms with Crippen LogP contribution >= 0.6 is 11.8 Å². The number of fused-ring (bicyclic) bond motifs is 1. The van der Waals surface area contributed by atoms with Gasteiger partial charge in [0.25, 0.3) is 5.56 Å². The summed E-state index contributed by atoms with van der Waals surface area (Å²) in [6.45, 7) is 0.235. The van der Waals surface area contributed by atoms with Gasteiger partial charge in [0.15, 0.2) is 11.0 Å². The van der Waals surface area contributed by atoms with Gasteiger partial charge in [-0.25, -0.2) is 4.98 Å². The number of aromatic nitrogens is 2. The van der Waals surface area contributed by atoms with Crippen LogP contribution in [0.4, 0.5) is 11.5 Å². The smallest absolute Gasteiger partial charge is 0.279 e. The summed E-state index contributed by atoms with van der Waals surface area (Å²) in [7, 11) is 0. The monoisotopic (exact) mass is 214 g/mol. The third-order valence-corrected chi connectivity index (χ3v) is 3.12. The number of nitrogen functional groups attached to an aromatic ring is 2. The number of hydrogen-bond donors (Lipinski definition) is 3. The van der Waals surface area contributed by atoms with Crippen molar-refractivity contribution in [3.8, 4) is 0 Å². The Morgan fingerprint density at radius 3 is 3.00 bits per heavy atom. The highest BCUT2D eigenvalue weighted by molar-refractivity contribution is 7.99. The van der Waals surface area contributed by atoms with E-state index < -0.39 is 6.10 Å². The highest BCUT2D eigenvalue weighted by Gasteiger charge is 2.21. The summed E-state index contributed by atoms with van der Waals surface area (Å²) in [5.74, 6) is 0.584. The average molecular weight is 214 g/mol. The zero-order valence-electron chi connectivity index (χ0n) is 7.30. The van der Waals surface area contributed by atoms with E-state index in [1.165, 1.54) is 16.3 Å². The summed E-state index contributed by atoms with van der Waals surface area (Å²) in [6, 6.07) is 0. The van der Waals surface area contributed by atoms with Gasteiger partial charge in [0.2, 0.25) is 0 Å². The fourth-order valence-electron chi connectivity index (χ4n) is 1.27. The van der Waals surface area contributed by atoms with Gasteiger partial charge in [-0.1, -0.05) is 11.8 Å². The molecular formula is C7H10N4O2S. The van der Waals surface area contributed by atoms with E-state index in [1.807, 2.05) is 0 Å². The largest absolute Gasteiger partial charge is 0.391 e. The minimum atomic E-state index is -0.532. The molecule has 14 heavy (non-hydrogen) atoms. The van der Waals surface area contributed by atoms with Crippen molar-refractivity contribution in [1.82, 2.24) is 9.55 Å². The van der Waals surface area contributed by atoms with E-state index in [1.54, 1.807) is 0 Å². The third-order valence-electron chi connectivity index (χ3n) is 2.00. The summed E-state index contributed by atoms with van der Waals surface area (Å²) in [4.78, 5) is 15.5. The van der Waals surface area contributed by atoms with Crippen molar-refractivity contribution in [2.75, 3.05) is 17.2 Å². The van der Waals surface area contributed by atoms with Gasteiger partial charge >= 0.3 is 0 Å². The molecule has 2 rings (SSSR count). The van der Waals surface area contributed by atoms with Crippen LogP contribution in [0.15, 0.2) is 9.95 Å². The fraction of sp³-hybridized carbons (Fsp3) is 0.429. The second-order valence-corrected chi connectivity index (χ2v) is 4.06. The quantitative estimate of drug-likeness (QED) is 0.472. The molecule has 0 fully saturated rings. The first-order valence-corrected chi connectivity index (χ1v) is 5.05. The molecule has 1 aromatic rings. The van der Waals surface area contributed by atoms with Gasteiger partial charge in [0, 0.05) is 5.75 Å². The molecule has 0 saturated carbocycles. The summed E-state index contributed by atoms with van der Waals surface area (Å²) >= 11 is 1.30. The Morgan fingerprint density at radius 2 is 2.29 bits per heavy atom. The Hall–Kier alpha value is -1.21. The Kier molecular flexibility index (Phi) is 2.12. The van der Waals surface area contributed by atoms with Crippen LogP contribution in [0.2, 0.25) is 0 Å². The summed E-state index contributed by atoms with van der Waals surface area (Å²) in [5, 5.41) is 9.88. The van der Waals surface area contributed by atoms with Crippen molar-refractivity contribution in [3.05, 3.63) is 10.4 Å². The van der Waals surface area contributed by atoms with Crippen LogP contribution in [0.3, 0.4) is 0 Å². The standard InChI is InChI=1S/C7H10N4O2S/c8-4-5(9)10-7-11(6(4)13)1-3(12)2-14-7/h3,12H,1-2,8-9H2. The lowest BCUT2D eigenvalue weighted by molar-refractivity contribution is 0.167. The molecule has 1 aliphatic heterocycles. The molecule has 5 N–H and O–H groups in total. The fourth-order valence-corrected chi connectivity index (χ4v) is 2.19. The first-order valence-electron chi connectivity index (χ1n) is 4.06. The molecule has 1 unspecified atom stereocenters. The topological polar surface area (TPSA) is 107 Å². The van der Waals surface area contributed by atoms with Gasteiger partial charge in [-0.2, -0.15) is 0 Å². The van der Waals surface area contributed by atoms with E-state index in [0.29, 0.717) is 10.9 Å². The van der Waals surface area contributed by atoms with Gasteiger partial charge in [-0.3, -0.25) is 9.36 Å². The van der Waals surface area contributed by atoms with Crippen molar-refractivity contribution in [3.63, 3.8) is 0 Å². The van der Waals surface area contributed by atoms with Gasteiger partial charge in [-0.05, 0) is 0 Å². The molecule has 1 atom stereocenters. The van der Waals surface area contributed by atoms with E-state index in [4.69, 9.17) is 11.5 Å². The van der Waals surface area contributed by atoms with Gasteiger partial charge in [-0.15, -0.1) is 0 Å². The predicted octanol–water partition coefficient (Wildman–Crippen LogP) is -1.13. The number of anilines is 2. The number of rotatable bonds is 0. The van der Waals surface area contributed by atoms with Crippen molar-refractivity contribution in [2.45, 2.75) is 17.8 Å². The maximum Gasteiger partial charge on any atom is 0.279 e. The van der Waals surface area contributed by atoms with Crippen LogP contribution < -0.4 is 17.0 Å².